The molecule has 466 valence electrons. The number of amides is 1. The van der Waals surface area contributed by atoms with E-state index >= 15 is 0 Å². The van der Waals surface area contributed by atoms with Gasteiger partial charge in [0.2, 0.25) is 20.0 Å². The van der Waals surface area contributed by atoms with E-state index in [2.05, 4.69) is 31.9 Å². The molecule has 0 bridgehead atoms. The van der Waals surface area contributed by atoms with Crippen LogP contribution < -0.4 is 25.1 Å². The maximum atomic E-state index is 14.1. The summed E-state index contributed by atoms with van der Waals surface area (Å²) in [4.78, 5) is 38.1. The molecule has 1 fully saturated rings. The van der Waals surface area contributed by atoms with Crippen molar-refractivity contribution in [1.82, 2.24) is 14.4 Å². The zero-order valence-electron chi connectivity index (χ0n) is 49.2. The van der Waals surface area contributed by atoms with Gasteiger partial charge in [-0.2, -0.15) is 9.42 Å². The van der Waals surface area contributed by atoms with Crippen molar-refractivity contribution in [2.24, 2.45) is 10.2 Å². The average molecular weight is 1270 g/mol. The molecule has 1 aliphatic heterocycles. The highest BCUT2D eigenvalue weighted by molar-refractivity contribution is 7.93. The molecule has 1 saturated heterocycles. The second kappa shape index (κ2) is 30.1. The molecule has 6 aromatic rings. The molecule has 0 unspecified atom stereocenters. The zero-order chi connectivity index (χ0) is 62.2. The fourth-order valence-corrected chi connectivity index (χ4v) is 13.7. The third kappa shape index (κ3) is 17.9. The third-order valence-corrected chi connectivity index (χ3v) is 18.8. The van der Waals surface area contributed by atoms with E-state index in [4.69, 9.17) is 25.6 Å². The van der Waals surface area contributed by atoms with Crippen LogP contribution in [0.1, 0.15) is 152 Å². The molecule has 1 aliphatic rings. The second-order valence-electron chi connectivity index (χ2n) is 22.4. The maximum Gasteiger partial charge on any atom is 0.297 e. The third-order valence-electron chi connectivity index (χ3n) is 14.5. The number of carbonyl (C=O) groups excluding carboxylic acids is 1. The summed E-state index contributed by atoms with van der Waals surface area (Å²) in [6.07, 6.45) is 20.6. The number of sulfonamides is 3. The minimum atomic E-state index is -4.46. The van der Waals surface area contributed by atoms with Crippen LogP contribution in [0.4, 0.5) is 28.4 Å². The minimum absolute atomic E-state index is 0.00188. The van der Waals surface area contributed by atoms with E-state index in [1.165, 1.54) is 144 Å². The normalized spacial score (nSPS) is 13.6. The molecule has 0 atom stereocenters. The number of azo groups is 1. The van der Waals surface area contributed by atoms with Crippen molar-refractivity contribution < 1.29 is 54.1 Å². The van der Waals surface area contributed by atoms with Crippen LogP contribution in [0.2, 0.25) is 5.02 Å². The summed E-state index contributed by atoms with van der Waals surface area (Å²) in [6, 6.07) is 18.4. The molecule has 5 aromatic carbocycles. The number of benzene rings is 5. The number of rotatable bonds is 32. The van der Waals surface area contributed by atoms with Crippen molar-refractivity contribution in [2.75, 3.05) is 48.5 Å². The highest BCUT2D eigenvalue weighted by Gasteiger charge is 2.33. The number of hydrogen-bond acceptors (Lipinski definition) is 16. The van der Waals surface area contributed by atoms with Crippen LogP contribution in [-0.2, 0) is 46.8 Å². The first-order valence-electron chi connectivity index (χ1n) is 29.0. The lowest BCUT2D eigenvalue weighted by atomic mass is 9.91. The number of morpholine rings is 1. The van der Waals surface area contributed by atoms with Crippen LogP contribution in [0, 0.1) is 10.1 Å². The largest absolute Gasteiger partial charge is 0.506 e. The number of nitro groups is 1. The fraction of sp³-hybridized carbons (Fsp3) is 0.467. The number of phenols is 1. The van der Waals surface area contributed by atoms with Gasteiger partial charge in [-0.3, -0.25) is 29.1 Å². The lowest BCUT2D eigenvalue weighted by Gasteiger charge is -2.26. The van der Waals surface area contributed by atoms with Gasteiger partial charge < -0.3 is 24.4 Å². The highest BCUT2D eigenvalue weighted by Crippen LogP contribution is 2.44. The number of nitrogens with zero attached hydrogens (tertiary/aromatic N) is 5. The van der Waals surface area contributed by atoms with Gasteiger partial charge in [-0.05, 0) is 73.2 Å². The molecule has 1 amide bonds. The number of ether oxygens (including phenoxy) is 2. The van der Waals surface area contributed by atoms with Crippen LogP contribution in [0.5, 0.6) is 11.5 Å². The smallest absolute Gasteiger partial charge is 0.297 e. The van der Waals surface area contributed by atoms with Gasteiger partial charge in [0.05, 0.1) is 52.0 Å². The zero-order valence-corrected chi connectivity index (χ0v) is 52.4. The van der Waals surface area contributed by atoms with Crippen LogP contribution in [0.3, 0.4) is 0 Å². The van der Waals surface area contributed by atoms with Crippen LogP contribution in [-0.4, -0.2) is 89.3 Å². The number of nitro benzene ring substituents is 1. The number of unbranched alkanes of at least 4 members (excludes halogenated alkanes) is 15. The van der Waals surface area contributed by atoms with Gasteiger partial charge >= 0.3 is 0 Å². The minimum Gasteiger partial charge on any atom is -0.506 e. The molecule has 4 N–H and O–H groups in total. The molecule has 22 nitrogen and oxygen atoms in total. The molecule has 0 aliphatic carbocycles. The number of hydrogen-bond donors (Lipinski definition) is 4. The summed E-state index contributed by atoms with van der Waals surface area (Å²) in [7, 11) is -12.7. The summed E-state index contributed by atoms with van der Waals surface area (Å²) in [5.41, 5.74) is -2.33. The SMILES string of the molecule is CCCCCCCCCCCCCCCCCCNC(=O)c1ccc(-n2oc(C(C)(C)C)c(COc3ccc(NS(=O)(=O)c4cc(N=Nc5cc(S(=O)(=O)N6CCOCC6)c(O)c6cccc(NS(C)(=O)=O)c56)ccc4Cl)cc3)c2=O)c([N+](=O)[O-])c1. The Balaban J connectivity index is 0.982. The van der Waals surface area contributed by atoms with Gasteiger partial charge in [0.25, 0.3) is 27.2 Å². The van der Waals surface area contributed by atoms with Gasteiger partial charge in [0, 0.05) is 53.1 Å². The molecule has 7 rings (SSSR count). The lowest BCUT2D eigenvalue weighted by molar-refractivity contribution is -0.384. The van der Waals surface area contributed by atoms with Crippen molar-refractivity contribution in [3.63, 3.8) is 0 Å². The van der Waals surface area contributed by atoms with E-state index in [0.717, 1.165) is 59.2 Å². The van der Waals surface area contributed by atoms with E-state index in [9.17, 15) is 50.1 Å². The molecule has 1 aromatic heterocycles. The Kier molecular flexibility index (Phi) is 23.4. The van der Waals surface area contributed by atoms with Crippen LogP contribution in [0.15, 0.2) is 114 Å². The number of anilines is 2. The number of aromatic hydroxyl groups is 1. The van der Waals surface area contributed by atoms with Crippen molar-refractivity contribution in [2.45, 2.75) is 152 Å². The topological polar surface area (TPSA) is 301 Å². The number of phenolic OH excluding ortho intramolecular Hbond substituents is 1. The number of halogens is 1. The van der Waals surface area contributed by atoms with Gasteiger partial charge in [-0.1, -0.05) is 148 Å². The van der Waals surface area contributed by atoms with Crippen molar-refractivity contribution >= 4 is 86.8 Å². The van der Waals surface area contributed by atoms with Crippen molar-refractivity contribution in [3.05, 3.63) is 127 Å². The van der Waals surface area contributed by atoms with Crippen molar-refractivity contribution in [3.8, 4) is 17.2 Å². The molecule has 0 saturated carbocycles. The Morgan fingerprint density at radius 1 is 0.779 bits per heavy atom. The standard InChI is InChI=1S/C60H77ClN8O14S3/c1-6-7-8-9-10-11-12-13-14-15-16-17-18-19-20-21-33-62-58(71)42-25-32-51(52(38-42)69(73)74)68-59(72)47(57(83-68)60(2,3)4)41-82-45-29-26-43(27-30-45)65-85(77,78)53-39-44(28-31-48(53)61)63-64-50-40-54(86(79,80)67-34-36-81-37-35-67)56(70)46-23-22-24-49(55(46)50)66-84(5,75)76/h22-32,38-40,65-66,70H,6-21,33-37,41H2,1-5H3,(H,62,71). The number of aromatic nitrogens is 1. The Hall–Kier alpha value is -6.90. The lowest BCUT2D eigenvalue weighted by Crippen LogP contribution is -2.40. The van der Waals surface area contributed by atoms with E-state index < -0.39 is 73.1 Å². The fourth-order valence-electron chi connectivity index (χ4n) is 10.0. The first-order valence-corrected chi connectivity index (χ1v) is 34.2. The highest BCUT2D eigenvalue weighted by atomic mass is 35.5. The molecule has 0 radical (unpaired) electrons. The molecular formula is C60H77ClN8O14S3. The van der Waals surface area contributed by atoms with Crippen LogP contribution >= 0.6 is 11.6 Å². The predicted octanol–water partition coefficient (Wildman–Crippen LogP) is 13.3. The van der Waals surface area contributed by atoms with E-state index in [1.807, 2.05) is 0 Å². The van der Waals surface area contributed by atoms with Crippen molar-refractivity contribution in [1.29, 1.82) is 0 Å². The summed E-state index contributed by atoms with van der Waals surface area (Å²) in [5.74, 6) is -0.738. The summed E-state index contributed by atoms with van der Waals surface area (Å²) in [5, 5.41) is 34.9. The quantitative estimate of drug-likeness (QED) is 0.0132. The maximum absolute atomic E-state index is 14.1. The van der Waals surface area contributed by atoms with Gasteiger partial charge in [-0.25, -0.2) is 25.3 Å². The Bertz CT molecular complexity index is 3790. The molecular weight excluding hydrogens is 1190 g/mol. The predicted molar refractivity (Wildman–Crippen MR) is 332 cm³/mol. The van der Waals surface area contributed by atoms with Gasteiger partial charge in [0.15, 0.2) is 11.4 Å². The Labute approximate surface area is 508 Å². The molecule has 0 spiro atoms. The van der Waals surface area contributed by atoms with Gasteiger partial charge in [0.1, 0.15) is 27.9 Å². The summed E-state index contributed by atoms with van der Waals surface area (Å²) >= 11 is 6.44. The Morgan fingerprint density at radius 2 is 1.40 bits per heavy atom. The van der Waals surface area contributed by atoms with E-state index in [1.54, 1.807) is 20.8 Å². The molecule has 86 heavy (non-hydrogen) atoms. The molecule has 2 heterocycles. The number of fused-ring (bicyclic) bond motifs is 1. The number of carbonyl (C=O) groups is 1. The first kappa shape index (κ1) is 66.6. The Morgan fingerprint density at radius 3 is 1.99 bits per heavy atom. The molecule has 26 heteroatoms. The van der Waals surface area contributed by atoms with E-state index in [-0.39, 0.29) is 99.8 Å². The second-order valence-corrected chi connectivity index (χ2v) is 28.1. The monoisotopic (exact) mass is 1260 g/mol. The average Bonchev–Trinajstić information content (AvgIpc) is 1.14. The van der Waals surface area contributed by atoms with Crippen LogP contribution in [0.25, 0.3) is 16.5 Å². The first-order chi connectivity index (χ1) is 40.9. The van der Waals surface area contributed by atoms with Gasteiger partial charge in [-0.15, -0.1) is 9.85 Å². The number of nitrogens with one attached hydrogen (secondary N) is 3. The summed E-state index contributed by atoms with van der Waals surface area (Å²) < 4.78 is 104. The van der Waals surface area contributed by atoms with E-state index in [0.29, 0.717) is 6.54 Å². The summed E-state index contributed by atoms with van der Waals surface area (Å²) in [6.45, 7) is 7.93.